The fourth-order valence-electron chi connectivity index (χ4n) is 1.66. The van der Waals surface area contributed by atoms with Crippen LogP contribution in [0.2, 0.25) is 0 Å². The standard InChI is InChI=1S/C14H14N2S2/c17-13-12(7-4-9-15-13)14(18)16-10-8-11-5-2-1-3-6-11/h1-7,9H,8,10H2,(H,15,17)(H,16,18). The molecule has 0 atom stereocenters. The van der Waals surface area contributed by atoms with Gasteiger partial charge in [-0.15, -0.1) is 0 Å². The zero-order valence-corrected chi connectivity index (χ0v) is 11.5. The molecule has 4 heteroatoms. The fraction of sp³-hybridized carbons (Fsp3) is 0.143. The van der Waals surface area contributed by atoms with Crippen LogP contribution in [0.25, 0.3) is 0 Å². The monoisotopic (exact) mass is 274 g/mol. The SMILES string of the molecule is S=C(NCCc1ccccc1)c1ccc[nH]c1=S. The molecule has 0 saturated carbocycles. The third-order valence-electron chi connectivity index (χ3n) is 2.60. The van der Waals surface area contributed by atoms with Crippen LogP contribution in [-0.2, 0) is 6.42 Å². The van der Waals surface area contributed by atoms with Crippen molar-refractivity contribution in [3.8, 4) is 0 Å². The molecule has 1 aromatic carbocycles. The first-order chi connectivity index (χ1) is 8.77. The Labute approximate surface area is 117 Å². The molecule has 0 radical (unpaired) electrons. The third kappa shape index (κ3) is 3.48. The molecule has 0 aliphatic carbocycles. The molecule has 0 saturated heterocycles. The van der Waals surface area contributed by atoms with Crippen molar-refractivity contribution in [2.45, 2.75) is 6.42 Å². The molecule has 0 spiro atoms. The summed E-state index contributed by atoms with van der Waals surface area (Å²) in [6.45, 7) is 0.812. The zero-order chi connectivity index (χ0) is 12.8. The van der Waals surface area contributed by atoms with Gasteiger partial charge in [-0.2, -0.15) is 0 Å². The average Bonchev–Trinajstić information content (AvgIpc) is 2.40. The van der Waals surface area contributed by atoms with E-state index in [4.69, 9.17) is 24.4 Å². The van der Waals surface area contributed by atoms with Crippen LogP contribution in [0.3, 0.4) is 0 Å². The summed E-state index contributed by atoms with van der Waals surface area (Å²) in [7, 11) is 0. The van der Waals surface area contributed by atoms with Crippen molar-refractivity contribution >= 4 is 29.4 Å². The first-order valence-electron chi connectivity index (χ1n) is 5.77. The van der Waals surface area contributed by atoms with Gasteiger partial charge in [0.25, 0.3) is 0 Å². The van der Waals surface area contributed by atoms with Gasteiger partial charge in [0, 0.05) is 18.3 Å². The van der Waals surface area contributed by atoms with Crippen molar-refractivity contribution in [2.24, 2.45) is 0 Å². The van der Waals surface area contributed by atoms with Gasteiger partial charge in [0.1, 0.15) is 9.63 Å². The van der Waals surface area contributed by atoms with Crippen LogP contribution >= 0.6 is 24.4 Å². The number of benzene rings is 1. The smallest absolute Gasteiger partial charge is 0.113 e. The van der Waals surface area contributed by atoms with Crippen LogP contribution in [0.5, 0.6) is 0 Å². The van der Waals surface area contributed by atoms with E-state index in [1.54, 1.807) is 6.20 Å². The Bertz CT molecular complexity index is 576. The highest BCUT2D eigenvalue weighted by Gasteiger charge is 2.02. The van der Waals surface area contributed by atoms with Gasteiger partial charge < -0.3 is 10.3 Å². The van der Waals surface area contributed by atoms with E-state index in [2.05, 4.69) is 22.4 Å². The molecule has 18 heavy (non-hydrogen) atoms. The third-order valence-corrected chi connectivity index (χ3v) is 3.31. The number of aromatic amines is 1. The van der Waals surface area contributed by atoms with Crippen molar-refractivity contribution in [1.29, 1.82) is 0 Å². The molecule has 2 aromatic rings. The maximum atomic E-state index is 5.33. The summed E-state index contributed by atoms with van der Waals surface area (Å²) in [6, 6.07) is 14.2. The van der Waals surface area contributed by atoms with Crippen molar-refractivity contribution in [2.75, 3.05) is 6.54 Å². The van der Waals surface area contributed by atoms with E-state index < -0.39 is 0 Å². The van der Waals surface area contributed by atoms with Gasteiger partial charge in [-0.3, -0.25) is 0 Å². The van der Waals surface area contributed by atoms with E-state index in [1.807, 2.05) is 30.3 Å². The number of hydrogen-bond acceptors (Lipinski definition) is 2. The lowest BCUT2D eigenvalue weighted by atomic mass is 10.1. The largest absolute Gasteiger partial charge is 0.375 e. The van der Waals surface area contributed by atoms with Crippen LogP contribution in [0.4, 0.5) is 0 Å². The highest BCUT2D eigenvalue weighted by molar-refractivity contribution is 7.80. The number of nitrogens with one attached hydrogen (secondary N) is 2. The molecule has 0 unspecified atom stereocenters. The van der Waals surface area contributed by atoms with Crippen molar-refractivity contribution in [1.82, 2.24) is 10.3 Å². The van der Waals surface area contributed by atoms with E-state index in [0.29, 0.717) is 9.63 Å². The molecule has 2 N–H and O–H groups in total. The molecule has 1 heterocycles. The van der Waals surface area contributed by atoms with Crippen LogP contribution in [0.15, 0.2) is 48.7 Å². The van der Waals surface area contributed by atoms with Crippen molar-refractivity contribution < 1.29 is 0 Å². The summed E-state index contributed by atoms with van der Waals surface area (Å²) in [4.78, 5) is 3.68. The van der Waals surface area contributed by atoms with Crippen molar-refractivity contribution in [3.05, 3.63) is 64.4 Å². The van der Waals surface area contributed by atoms with E-state index in [0.717, 1.165) is 18.5 Å². The topological polar surface area (TPSA) is 27.8 Å². The fourth-order valence-corrected chi connectivity index (χ4v) is 2.24. The number of hydrogen-bond donors (Lipinski definition) is 2. The van der Waals surface area contributed by atoms with Gasteiger partial charge in [-0.1, -0.05) is 54.8 Å². The molecule has 2 nitrogen and oxygen atoms in total. The molecule has 0 fully saturated rings. The molecule has 0 aliphatic rings. The summed E-state index contributed by atoms with van der Waals surface area (Å²) in [5, 5.41) is 3.23. The van der Waals surface area contributed by atoms with Gasteiger partial charge in [0.05, 0.1) is 0 Å². The Morgan fingerprint density at radius 3 is 2.61 bits per heavy atom. The predicted molar refractivity (Wildman–Crippen MR) is 81.5 cm³/mol. The van der Waals surface area contributed by atoms with Crippen molar-refractivity contribution in [3.63, 3.8) is 0 Å². The minimum Gasteiger partial charge on any atom is -0.375 e. The van der Waals surface area contributed by atoms with E-state index in [9.17, 15) is 0 Å². The van der Waals surface area contributed by atoms with Crippen LogP contribution in [0, 0.1) is 4.64 Å². The number of aromatic nitrogens is 1. The quantitative estimate of drug-likeness (QED) is 0.838. The molecule has 0 bridgehead atoms. The summed E-state index contributed by atoms with van der Waals surface area (Å²) in [5.41, 5.74) is 2.18. The van der Waals surface area contributed by atoms with Gasteiger partial charge in [-0.05, 0) is 24.1 Å². The second-order valence-electron chi connectivity index (χ2n) is 3.90. The van der Waals surface area contributed by atoms with Gasteiger partial charge >= 0.3 is 0 Å². The minimum atomic E-state index is 0.676. The van der Waals surface area contributed by atoms with Crippen LogP contribution in [-0.4, -0.2) is 16.5 Å². The average molecular weight is 274 g/mol. The predicted octanol–water partition coefficient (Wildman–Crippen LogP) is 3.25. The first kappa shape index (κ1) is 12.9. The highest BCUT2D eigenvalue weighted by atomic mass is 32.1. The molecular formula is C14H14N2S2. The summed E-state index contributed by atoms with van der Waals surface area (Å²) >= 11 is 10.5. The molecule has 1 aromatic heterocycles. The highest BCUT2D eigenvalue weighted by Crippen LogP contribution is 2.02. The lowest BCUT2D eigenvalue weighted by Crippen LogP contribution is -2.25. The lowest BCUT2D eigenvalue weighted by Gasteiger charge is -2.08. The number of H-pyrrole nitrogens is 1. The summed E-state index contributed by atoms with van der Waals surface area (Å²) in [6.07, 6.45) is 2.75. The van der Waals surface area contributed by atoms with E-state index in [-0.39, 0.29) is 0 Å². The zero-order valence-electron chi connectivity index (χ0n) is 9.85. The number of rotatable bonds is 4. The van der Waals surface area contributed by atoms with Gasteiger partial charge in [0.15, 0.2) is 0 Å². The Morgan fingerprint density at radius 2 is 1.89 bits per heavy atom. The number of thiocarbonyl (C=S) groups is 1. The molecule has 0 amide bonds. The molecule has 92 valence electrons. The molecular weight excluding hydrogens is 260 g/mol. The summed E-state index contributed by atoms with van der Waals surface area (Å²) < 4.78 is 0.676. The molecule has 0 aliphatic heterocycles. The van der Waals surface area contributed by atoms with Gasteiger partial charge in [0.2, 0.25) is 0 Å². The van der Waals surface area contributed by atoms with E-state index in [1.165, 1.54) is 5.56 Å². The Morgan fingerprint density at radius 1 is 1.11 bits per heavy atom. The Hall–Kier alpha value is -1.52. The maximum absolute atomic E-state index is 5.33. The summed E-state index contributed by atoms with van der Waals surface area (Å²) in [5.74, 6) is 0. The normalized spacial score (nSPS) is 10.0. The number of pyridine rings is 1. The van der Waals surface area contributed by atoms with Crippen LogP contribution < -0.4 is 5.32 Å². The Kier molecular flexibility index (Phi) is 4.61. The molecule has 2 rings (SSSR count). The second kappa shape index (κ2) is 6.42. The van der Waals surface area contributed by atoms with Gasteiger partial charge in [-0.25, -0.2) is 0 Å². The first-order valence-corrected chi connectivity index (χ1v) is 6.59. The second-order valence-corrected chi connectivity index (χ2v) is 4.72. The minimum absolute atomic E-state index is 0.676. The lowest BCUT2D eigenvalue weighted by molar-refractivity contribution is 0.874. The maximum Gasteiger partial charge on any atom is 0.113 e. The van der Waals surface area contributed by atoms with Crippen LogP contribution in [0.1, 0.15) is 11.1 Å². The van der Waals surface area contributed by atoms with E-state index >= 15 is 0 Å². The Balaban J connectivity index is 1.90.